The summed E-state index contributed by atoms with van der Waals surface area (Å²) in [5.41, 5.74) is 4.41. The third-order valence-corrected chi connectivity index (χ3v) is 3.66. The topological polar surface area (TPSA) is 54.2 Å². The first-order chi connectivity index (χ1) is 11.5. The molecule has 2 rings (SSSR count). The minimum Gasteiger partial charge on any atom is -0.357 e. The molecular weight excluding hydrogens is 298 g/mol. The van der Waals surface area contributed by atoms with E-state index in [4.69, 9.17) is 4.99 Å². The lowest BCUT2D eigenvalue weighted by Gasteiger charge is -2.14. The molecule has 0 bridgehead atoms. The SMILES string of the molecule is CCNC(=NCc1ccccc1-n1nc(C)cc1C)NCC(C)C. The molecule has 2 N–H and O–H groups in total. The first-order valence-electron chi connectivity index (χ1n) is 8.65. The van der Waals surface area contributed by atoms with Crippen molar-refractivity contribution in [2.75, 3.05) is 13.1 Å². The summed E-state index contributed by atoms with van der Waals surface area (Å²) in [6.07, 6.45) is 0. The molecule has 1 heterocycles. The highest BCUT2D eigenvalue weighted by Crippen LogP contribution is 2.17. The van der Waals surface area contributed by atoms with Gasteiger partial charge in [0.05, 0.1) is 17.9 Å². The number of aliphatic imine (C=N–C) groups is 1. The van der Waals surface area contributed by atoms with Crippen LogP contribution < -0.4 is 10.6 Å². The van der Waals surface area contributed by atoms with E-state index in [1.165, 1.54) is 0 Å². The summed E-state index contributed by atoms with van der Waals surface area (Å²) in [6, 6.07) is 10.4. The maximum absolute atomic E-state index is 4.73. The van der Waals surface area contributed by atoms with Gasteiger partial charge in [0.25, 0.3) is 0 Å². The van der Waals surface area contributed by atoms with Gasteiger partial charge in [-0.2, -0.15) is 5.10 Å². The van der Waals surface area contributed by atoms with Crippen LogP contribution in [0.5, 0.6) is 0 Å². The fourth-order valence-corrected chi connectivity index (χ4v) is 2.53. The Morgan fingerprint density at radius 2 is 1.96 bits per heavy atom. The molecule has 1 aromatic carbocycles. The first kappa shape index (κ1) is 18.0. The highest BCUT2D eigenvalue weighted by Gasteiger charge is 2.08. The van der Waals surface area contributed by atoms with Gasteiger partial charge in [-0.15, -0.1) is 0 Å². The van der Waals surface area contributed by atoms with Crippen molar-refractivity contribution in [3.8, 4) is 5.69 Å². The van der Waals surface area contributed by atoms with Gasteiger partial charge in [-0.3, -0.25) is 0 Å². The molecule has 2 aromatic rings. The zero-order valence-electron chi connectivity index (χ0n) is 15.4. The van der Waals surface area contributed by atoms with Gasteiger partial charge in [0.15, 0.2) is 5.96 Å². The van der Waals surface area contributed by atoms with E-state index in [1.807, 2.05) is 17.7 Å². The molecule has 0 atom stereocenters. The van der Waals surface area contributed by atoms with Crippen LogP contribution in [0.3, 0.4) is 0 Å². The average Bonchev–Trinajstić information content (AvgIpc) is 2.88. The molecule has 0 aliphatic rings. The van der Waals surface area contributed by atoms with E-state index in [1.54, 1.807) is 0 Å². The van der Waals surface area contributed by atoms with Crippen molar-refractivity contribution in [3.05, 3.63) is 47.3 Å². The van der Waals surface area contributed by atoms with Gasteiger partial charge in [0.2, 0.25) is 0 Å². The molecule has 0 saturated heterocycles. The highest BCUT2D eigenvalue weighted by molar-refractivity contribution is 5.79. The van der Waals surface area contributed by atoms with E-state index in [0.29, 0.717) is 12.5 Å². The number of hydrogen-bond acceptors (Lipinski definition) is 2. The van der Waals surface area contributed by atoms with Crippen LogP contribution in [0.2, 0.25) is 0 Å². The zero-order valence-corrected chi connectivity index (χ0v) is 15.4. The lowest BCUT2D eigenvalue weighted by atomic mass is 10.2. The Morgan fingerprint density at radius 1 is 1.21 bits per heavy atom. The Balaban J connectivity index is 2.22. The van der Waals surface area contributed by atoms with E-state index in [9.17, 15) is 0 Å². The zero-order chi connectivity index (χ0) is 17.5. The highest BCUT2D eigenvalue weighted by atomic mass is 15.3. The van der Waals surface area contributed by atoms with Crippen molar-refractivity contribution in [1.29, 1.82) is 0 Å². The van der Waals surface area contributed by atoms with Crippen molar-refractivity contribution in [2.45, 2.75) is 41.2 Å². The smallest absolute Gasteiger partial charge is 0.191 e. The van der Waals surface area contributed by atoms with Crippen LogP contribution in [0, 0.1) is 19.8 Å². The van der Waals surface area contributed by atoms with Crippen LogP contribution in [0.25, 0.3) is 5.69 Å². The van der Waals surface area contributed by atoms with Crippen LogP contribution in [0.15, 0.2) is 35.3 Å². The van der Waals surface area contributed by atoms with Gasteiger partial charge < -0.3 is 10.6 Å². The molecule has 0 amide bonds. The number of para-hydroxylation sites is 1. The van der Waals surface area contributed by atoms with E-state index in [2.05, 4.69) is 67.7 Å². The lowest BCUT2D eigenvalue weighted by Crippen LogP contribution is -2.39. The number of nitrogens with one attached hydrogen (secondary N) is 2. The third-order valence-electron chi connectivity index (χ3n) is 3.66. The van der Waals surface area contributed by atoms with Crippen molar-refractivity contribution >= 4 is 5.96 Å². The summed E-state index contributed by atoms with van der Waals surface area (Å²) in [4.78, 5) is 4.73. The lowest BCUT2D eigenvalue weighted by molar-refractivity contribution is 0.615. The van der Waals surface area contributed by atoms with Crippen LogP contribution in [-0.2, 0) is 6.54 Å². The largest absolute Gasteiger partial charge is 0.357 e. The Labute approximate surface area is 145 Å². The second kappa shape index (κ2) is 8.52. The molecule has 0 unspecified atom stereocenters. The predicted molar refractivity (Wildman–Crippen MR) is 101 cm³/mol. The summed E-state index contributed by atoms with van der Waals surface area (Å²) in [5, 5.41) is 11.3. The van der Waals surface area contributed by atoms with E-state index < -0.39 is 0 Å². The molecule has 0 saturated carbocycles. The van der Waals surface area contributed by atoms with Crippen molar-refractivity contribution in [1.82, 2.24) is 20.4 Å². The maximum atomic E-state index is 4.73. The Kier molecular flexibility index (Phi) is 6.41. The van der Waals surface area contributed by atoms with Crippen molar-refractivity contribution in [3.63, 3.8) is 0 Å². The summed E-state index contributed by atoms with van der Waals surface area (Å²) >= 11 is 0. The summed E-state index contributed by atoms with van der Waals surface area (Å²) in [7, 11) is 0. The molecular formula is C19H29N5. The molecule has 0 spiro atoms. The monoisotopic (exact) mass is 327 g/mol. The second-order valence-electron chi connectivity index (χ2n) is 6.44. The van der Waals surface area contributed by atoms with Gasteiger partial charge in [0.1, 0.15) is 0 Å². The number of guanidine groups is 1. The predicted octanol–water partition coefficient (Wildman–Crippen LogP) is 3.20. The van der Waals surface area contributed by atoms with Gasteiger partial charge in [0, 0.05) is 18.8 Å². The minimum absolute atomic E-state index is 0.579. The molecule has 130 valence electrons. The molecule has 5 heteroatoms. The van der Waals surface area contributed by atoms with E-state index in [0.717, 1.165) is 41.7 Å². The maximum Gasteiger partial charge on any atom is 0.191 e. The quantitative estimate of drug-likeness (QED) is 0.633. The number of nitrogens with zero attached hydrogens (tertiary/aromatic N) is 3. The minimum atomic E-state index is 0.579. The second-order valence-corrected chi connectivity index (χ2v) is 6.44. The van der Waals surface area contributed by atoms with Crippen molar-refractivity contribution in [2.24, 2.45) is 10.9 Å². The summed E-state index contributed by atoms with van der Waals surface area (Å²) in [6.45, 7) is 12.9. The summed E-state index contributed by atoms with van der Waals surface area (Å²) < 4.78 is 1.99. The molecule has 0 fully saturated rings. The fraction of sp³-hybridized carbons (Fsp3) is 0.474. The van der Waals surface area contributed by atoms with E-state index in [-0.39, 0.29) is 0 Å². The van der Waals surface area contributed by atoms with Crippen LogP contribution in [0.1, 0.15) is 37.7 Å². The normalized spacial score (nSPS) is 11.8. The van der Waals surface area contributed by atoms with Gasteiger partial charge in [-0.05, 0) is 44.4 Å². The number of aryl methyl sites for hydroxylation is 2. The van der Waals surface area contributed by atoms with Crippen molar-refractivity contribution < 1.29 is 0 Å². The Morgan fingerprint density at radius 3 is 2.58 bits per heavy atom. The molecule has 0 aliphatic heterocycles. The van der Waals surface area contributed by atoms with Crippen LogP contribution in [0.4, 0.5) is 0 Å². The molecule has 5 nitrogen and oxygen atoms in total. The number of rotatable bonds is 6. The van der Waals surface area contributed by atoms with Crippen LogP contribution >= 0.6 is 0 Å². The van der Waals surface area contributed by atoms with Gasteiger partial charge in [-0.1, -0.05) is 32.0 Å². The number of benzene rings is 1. The summed E-state index contributed by atoms with van der Waals surface area (Å²) in [5.74, 6) is 1.44. The number of hydrogen-bond donors (Lipinski definition) is 2. The molecule has 0 aliphatic carbocycles. The average molecular weight is 327 g/mol. The number of aromatic nitrogens is 2. The third kappa shape index (κ3) is 4.85. The molecule has 1 aromatic heterocycles. The standard InChI is InChI=1S/C19H29N5/c1-6-20-19(21-12-14(2)3)22-13-17-9-7-8-10-18(17)24-16(5)11-15(4)23-24/h7-11,14H,6,12-13H2,1-5H3,(H2,20,21,22). The molecule has 24 heavy (non-hydrogen) atoms. The van der Waals surface area contributed by atoms with E-state index >= 15 is 0 Å². The first-order valence-corrected chi connectivity index (χ1v) is 8.65. The Hall–Kier alpha value is -2.30. The fourth-order valence-electron chi connectivity index (χ4n) is 2.53. The van der Waals surface area contributed by atoms with Crippen LogP contribution in [-0.4, -0.2) is 28.8 Å². The molecule has 0 radical (unpaired) electrons. The van der Waals surface area contributed by atoms with Gasteiger partial charge >= 0.3 is 0 Å². The Bertz CT molecular complexity index is 685. The van der Waals surface area contributed by atoms with Gasteiger partial charge in [-0.25, -0.2) is 9.67 Å².